The van der Waals surface area contributed by atoms with Crippen LogP contribution in [0.5, 0.6) is 0 Å². The molecule has 1 saturated carbocycles. The van der Waals surface area contributed by atoms with Gasteiger partial charge in [0.15, 0.2) is 0 Å². The molecule has 2 rings (SSSR count). The molecule has 1 heterocycles. The lowest BCUT2D eigenvalue weighted by Crippen LogP contribution is -2.20. The molecule has 0 saturated heterocycles. The highest BCUT2D eigenvalue weighted by Crippen LogP contribution is 2.31. The van der Waals surface area contributed by atoms with Crippen molar-refractivity contribution in [1.82, 2.24) is 4.98 Å². The fourth-order valence-corrected chi connectivity index (χ4v) is 2.30. The molecule has 1 aromatic heterocycles. The number of rotatable bonds is 3. The van der Waals surface area contributed by atoms with Gasteiger partial charge in [0.05, 0.1) is 11.7 Å². The van der Waals surface area contributed by atoms with Gasteiger partial charge in [0, 0.05) is 13.2 Å². The quantitative estimate of drug-likeness (QED) is 0.927. The number of aromatic nitrogens is 1. The smallest absolute Gasteiger partial charge is 0.381 e. The number of nitriles is 1. The molecule has 7 heteroatoms. The highest BCUT2D eigenvalue weighted by molar-refractivity contribution is 5.53. The molecule has 0 aliphatic heterocycles. The molecule has 2 unspecified atom stereocenters. The van der Waals surface area contributed by atoms with Gasteiger partial charge in [-0.25, -0.2) is 4.98 Å². The number of halogens is 3. The first-order valence-electron chi connectivity index (χ1n) is 6.21. The maximum Gasteiger partial charge on any atom is 0.433 e. The van der Waals surface area contributed by atoms with Crippen LogP contribution in [0, 0.1) is 11.3 Å². The Labute approximate surface area is 114 Å². The van der Waals surface area contributed by atoms with Crippen molar-refractivity contribution in [2.75, 3.05) is 12.4 Å². The summed E-state index contributed by atoms with van der Waals surface area (Å²) in [6, 6.07) is 3.78. The number of pyridine rings is 1. The average Bonchev–Trinajstić information content (AvgIpc) is 2.85. The van der Waals surface area contributed by atoms with Gasteiger partial charge in [-0.2, -0.15) is 18.4 Å². The number of methoxy groups -OCH3 is 1. The molecule has 1 aliphatic rings. The second-order valence-corrected chi connectivity index (χ2v) is 4.71. The van der Waals surface area contributed by atoms with Crippen molar-refractivity contribution in [1.29, 1.82) is 5.26 Å². The van der Waals surface area contributed by atoms with Crippen LogP contribution in [0.2, 0.25) is 0 Å². The van der Waals surface area contributed by atoms with Crippen LogP contribution >= 0.6 is 0 Å². The second kappa shape index (κ2) is 5.67. The average molecular weight is 285 g/mol. The van der Waals surface area contributed by atoms with Crippen molar-refractivity contribution < 1.29 is 17.9 Å². The first kappa shape index (κ1) is 14.6. The molecule has 0 amide bonds. The van der Waals surface area contributed by atoms with Crippen molar-refractivity contribution in [3.8, 4) is 6.07 Å². The summed E-state index contributed by atoms with van der Waals surface area (Å²) in [5.41, 5.74) is -0.890. The monoisotopic (exact) mass is 285 g/mol. The third-order valence-corrected chi connectivity index (χ3v) is 3.36. The van der Waals surface area contributed by atoms with Crippen LogP contribution in [0.4, 0.5) is 19.0 Å². The van der Waals surface area contributed by atoms with Gasteiger partial charge in [0.2, 0.25) is 0 Å². The lowest BCUT2D eigenvalue weighted by Gasteiger charge is -2.16. The Morgan fingerprint density at radius 2 is 2.15 bits per heavy atom. The van der Waals surface area contributed by atoms with E-state index in [-0.39, 0.29) is 23.5 Å². The lowest BCUT2D eigenvalue weighted by atomic mass is 10.2. The van der Waals surface area contributed by atoms with Gasteiger partial charge in [-0.15, -0.1) is 0 Å². The van der Waals surface area contributed by atoms with Gasteiger partial charge < -0.3 is 10.1 Å². The summed E-state index contributed by atoms with van der Waals surface area (Å²) in [6.45, 7) is 0. The number of ether oxygens (including phenoxy) is 1. The molecule has 1 aliphatic carbocycles. The fourth-order valence-electron chi connectivity index (χ4n) is 2.30. The summed E-state index contributed by atoms with van der Waals surface area (Å²) in [6.07, 6.45) is -2.10. The lowest BCUT2D eigenvalue weighted by molar-refractivity contribution is -0.141. The Morgan fingerprint density at radius 1 is 1.40 bits per heavy atom. The van der Waals surface area contributed by atoms with Crippen molar-refractivity contribution in [3.05, 3.63) is 23.4 Å². The Bertz CT molecular complexity index is 525. The van der Waals surface area contributed by atoms with E-state index in [0.717, 1.165) is 25.0 Å². The molecule has 2 atom stereocenters. The Balaban J connectivity index is 2.20. The molecule has 20 heavy (non-hydrogen) atoms. The van der Waals surface area contributed by atoms with E-state index >= 15 is 0 Å². The molecule has 0 spiro atoms. The highest BCUT2D eigenvalue weighted by atomic mass is 19.4. The minimum atomic E-state index is -4.52. The van der Waals surface area contributed by atoms with Crippen LogP contribution in [0.1, 0.15) is 30.5 Å². The summed E-state index contributed by atoms with van der Waals surface area (Å²) in [5.74, 6) is -0.0101. The van der Waals surface area contributed by atoms with E-state index in [1.807, 2.05) is 6.07 Å². The van der Waals surface area contributed by atoms with E-state index in [4.69, 9.17) is 10.00 Å². The minimum absolute atomic E-state index is 0.0101. The molecule has 0 aromatic carbocycles. The molecule has 1 fully saturated rings. The molecule has 108 valence electrons. The van der Waals surface area contributed by atoms with Gasteiger partial charge in [0.25, 0.3) is 0 Å². The molecule has 1 N–H and O–H groups in total. The van der Waals surface area contributed by atoms with E-state index in [2.05, 4.69) is 10.3 Å². The summed E-state index contributed by atoms with van der Waals surface area (Å²) >= 11 is 0. The zero-order valence-electron chi connectivity index (χ0n) is 10.9. The highest BCUT2D eigenvalue weighted by Gasteiger charge is 2.33. The molecular formula is C13H14F3N3O. The van der Waals surface area contributed by atoms with Crippen molar-refractivity contribution in [2.45, 2.75) is 37.6 Å². The van der Waals surface area contributed by atoms with Crippen LogP contribution < -0.4 is 5.32 Å². The van der Waals surface area contributed by atoms with E-state index in [9.17, 15) is 13.2 Å². The van der Waals surface area contributed by atoms with Gasteiger partial charge in [-0.05, 0) is 31.4 Å². The van der Waals surface area contributed by atoms with Gasteiger partial charge >= 0.3 is 6.18 Å². The minimum Gasteiger partial charge on any atom is -0.381 e. The summed E-state index contributed by atoms with van der Waals surface area (Å²) in [7, 11) is 1.61. The number of alkyl halides is 3. The van der Waals surface area contributed by atoms with Gasteiger partial charge in [-0.3, -0.25) is 0 Å². The first-order chi connectivity index (χ1) is 9.44. The molecule has 1 aromatic rings. The number of nitrogens with zero attached hydrogens (tertiary/aromatic N) is 2. The van der Waals surface area contributed by atoms with Gasteiger partial charge in [-0.1, -0.05) is 0 Å². The molecular weight excluding hydrogens is 271 g/mol. The number of hydrogen-bond donors (Lipinski definition) is 1. The van der Waals surface area contributed by atoms with E-state index in [1.165, 1.54) is 0 Å². The van der Waals surface area contributed by atoms with Gasteiger partial charge in [0.1, 0.15) is 17.6 Å². The van der Waals surface area contributed by atoms with Crippen molar-refractivity contribution >= 4 is 5.82 Å². The molecule has 0 bridgehead atoms. The standard InChI is InChI=1S/C13H14F3N3O/c1-20-10-4-3-9(6-10)18-12-8(7-17)2-5-11(19-12)13(14,15)16/h2,5,9-10H,3-4,6H2,1H3,(H,18,19). The Hall–Kier alpha value is -1.81. The van der Waals surface area contributed by atoms with Crippen LogP contribution in [0.25, 0.3) is 0 Å². The predicted molar refractivity (Wildman–Crippen MR) is 66.0 cm³/mol. The maximum atomic E-state index is 12.6. The van der Waals surface area contributed by atoms with E-state index in [0.29, 0.717) is 6.42 Å². The van der Waals surface area contributed by atoms with Crippen molar-refractivity contribution in [2.24, 2.45) is 0 Å². The summed E-state index contributed by atoms with van der Waals surface area (Å²) < 4.78 is 43.1. The normalized spacial score (nSPS) is 22.6. The second-order valence-electron chi connectivity index (χ2n) is 4.71. The summed E-state index contributed by atoms with van der Waals surface area (Å²) in [4.78, 5) is 3.53. The first-order valence-corrected chi connectivity index (χ1v) is 6.21. The topological polar surface area (TPSA) is 57.9 Å². The fraction of sp³-hybridized carbons (Fsp3) is 0.538. The van der Waals surface area contributed by atoms with Crippen LogP contribution in [-0.2, 0) is 10.9 Å². The third kappa shape index (κ3) is 3.20. The Morgan fingerprint density at radius 3 is 2.70 bits per heavy atom. The molecule has 4 nitrogen and oxygen atoms in total. The Kier molecular flexibility index (Phi) is 4.14. The number of nitrogens with one attached hydrogen (secondary N) is 1. The number of anilines is 1. The predicted octanol–water partition coefficient (Wildman–Crippen LogP) is 2.95. The third-order valence-electron chi connectivity index (χ3n) is 3.36. The van der Waals surface area contributed by atoms with Crippen LogP contribution in [-0.4, -0.2) is 24.2 Å². The SMILES string of the molecule is COC1CCC(Nc2nc(C(F)(F)F)ccc2C#N)C1. The molecule has 0 radical (unpaired) electrons. The van der Waals surface area contributed by atoms with Crippen molar-refractivity contribution in [3.63, 3.8) is 0 Å². The van der Waals surface area contributed by atoms with Crippen LogP contribution in [0.15, 0.2) is 12.1 Å². The van der Waals surface area contributed by atoms with E-state index in [1.54, 1.807) is 7.11 Å². The summed E-state index contributed by atoms with van der Waals surface area (Å²) in [5, 5.41) is 11.9. The number of hydrogen-bond acceptors (Lipinski definition) is 4. The van der Waals surface area contributed by atoms with E-state index < -0.39 is 11.9 Å². The zero-order chi connectivity index (χ0) is 14.8. The van der Waals surface area contributed by atoms with Crippen LogP contribution in [0.3, 0.4) is 0 Å². The maximum absolute atomic E-state index is 12.6. The zero-order valence-corrected chi connectivity index (χ0v) is 10.9. The largest absolute Gasteiger partial charge is 0.433 e.